The van der Waals surface area contributed by atoms with Crippen LogP contribution in [0.25, 0.3) is 0 Å². The van der Waals surface area contributed by atoms with E-state index in [0.29, 0.717) is 6.54 Å². The number of aromatic nitrogens is 2. The van der Waals surface area contributed by atoms with Crippen LogP contribution in [0.15, 0.2) is 12.4 Å². The van der Waals surface area contributed by atoms with E-state index in [0.717, 1.165) is 25.5 Å². The average molecular weight is 239 g/mol. The maximum absolute atomic E-state index is 11.2. The summed E-state index contributed by atoms with van der Waals surface area (Å²) in [4.78, 5) is 16.9. The van der Waals surface area contributed by atoms with Gasteiger partial charge in [0, 0.05) is 52.7 Å². The second-order valence-electron chi connectivity index (χ2n) is 4.04. The van der Waals surface area contributed by atoms with Crippen LogP contribution in [-0.2, 0) is 6.54 Å². The van der Waals surface area contributed by atoms with Gasteiger partial charge in [0.25, 0.3) is 0 Å². The first kappa shape index (κ1) is 13.5. The number of carbonyl (C=O) groups is 1. The Morgan fingerprint density at radius 3 is 2.76 bits per heavy atom. The molecule has 0 aliphatic heterocycles. The second kappa shape index (κ2) is 6.90. The first-order valence-corrected chi connectivity index (χ1v) is 5.75. The van der Waals surface area contributed by atoms with Gasteiger partial charge in [0.2, 0.25) is 0 Å². The number of hydrogen-bond acceptors (Lipinski definition) is 3. The van der Waals surface area contributed by atoms with Gasteiger partial charge < -0.3 is 20.1 Å². The Bertz CT molecular complexity index is 347. The Morgan fingerprint density at radius 1 is 1.41 bits per heavy atom. The topological polar surface area (TPSA) is 62.2 Å². The van der Waals surface area contributed by atoms with E-state index < -0.39 is 0 Å². The Balaban J connectivity index is 2.02. The van der Waals surface area contributed by atoms with Crippen LogP contribution in [0.4, 0.5) is 4.79 Å². The predicted octanol–water partition coefficient (Wildman–Crippen LogP) is 0.0523. The molecule has 6 heteroatoms. The molecule has 0 spiro atoms. The van der Waals surface area contributed by atoms with Crippen LogP contribution in [0.1, 0.15) is 5.82 Å². The van der Waals surface area contributed by atoms with Gasteiger partial charge in [0.1, 0.15) is 5.82 Å². The van der Waals surface area contributed by atoms with E-state index in [1.54, 1.807) is 20.3 Å². The molecule has 0 unspecified atom stereocenters. The molecule has 1 heterocycles. The minimum atomic E-state index is -0.0581. The molecule has 6 nitrogen and oxygen atoms in total. The van der Waals surface area contributed by atoms with Crippen LogP contribution < -0.4 is 10.6 Å². The normalized spacial score (nSPS) is 10.3. The van der Waals surface area contributed by atoms with Crippen molar-refractivity contribution in [3.05, 3.63) is 18.2 Å². The average Bonchev–Trinajstić information content (AvgIpc) is 2.68. The molecule has 0 radical (unpaired) electrons. The molecule has 0 aromatic carbocycles. The number of amides is 2. The van der Waals surface area contributed by atoms with Crippen molar-refractivity contribution < 1.29 is 4.79 Å². The molecule has 0 saturated carbocycles. The van der Waals surface area contributed by atoms with Crippen LogP contribution in [0.5, 0.6) is 0 Å². The van der Waals surface area contributed by atoms with Gasteiger partial charge in [-0.1, -0.05) is 0 Å². The van der Waals surface area contributed by atoms with E-state index in [2.05, 4.69) is 20.2 Å². The molecule has 0 aliphatic carbocycles. The third-order valence-electron chi connectivity index (χ3n) is 2.44. The van der Waals surface area contributed by atoms with Crippen molar-refractivity contribution in [2.45, 2.75) is 13.5 Å². The number of hydrogen-bond donors (Lipinski definition) is 2. The second-order valence-corrected chi connectivity index (χ2v) is 4.04. The van der Waals surface area contributed by atoms with Gasteiger partial charge in [0.05, 0.1) is 0 Å². The molecule has 2 amide bonds. The van der Waals surface area contributed by atoms with Crippen molar-refractivity contribution in [1.82, 2.24) is 25.1 Å². The molecule has 1 rings (SSSR count). The monoisotopic (exact) mass is 239 g/mol. The van der Waals surface area contributed by atoms with Gasteiger partial charge >= 0.3 is 6.03 Å². The lowest BCUT2D eigenvalue weighted by Crippen LogP contribution is -2.38. The summed E-state index contributed by atoms with van der Waals surface area (Å²) in [6, 6.07) is -0.0581. The number of aryl methyl sites for hydroxylation is 1. The molecular formula is C11H21N5O. The molecule has 1 aromatic heterocycles. The number of imidazole rings is 1. The Kier molecular flexibility index (Phi) is 5.48. The van der Waals surface area contributed by atoms with Crippen LogP contribution in [0.3, 0.4) is 0 Å². The first-order valence-electron chi connectivity index (χ1n) is 5.75. The summed E-state index contributed by atoms with van der Waals surface area (Å²) in [7, 11) is 3.45. The van der Waals surface area contributed by atoms with Gasteiger partial charge in [-0.3, -0.25) is 0 Å². The Morgan fingerprint density at radius 2 is 2.18 bits per heavy atom. The van der Waals surface area contributed by atoms with Crippen molar-refractivity contribution in [1.29, 1.82) is 0 Å². The van der Waals surface area contributed by atoms with E-state index >= 15 is 0 Å². The van der Waals surface area contributed by atoms with Gasteiger partial charge in [-0.15, -0.1) is 0 Å². The number of nitrogens with zero attached hydrogens (tertiary/aromatic N) is 3. The van der Waals surface area contributed by atoms with Crippen LogP contribution >= 0.6 is 0 Å². The lowest BCUT2D eigenvalue weighted by molar-refractivity contribution is 0.217. The van der Waals surface area contributed by atoms with Crippen molar-refractivity contribution in [3.63, 3.8) is 0 Å². The lowest BCUT2D eigenvalue weighted by atomic mass is 10.5. The SMILES string of the molecule is Cc1nccn1CCNCCNC(=O)N(C)C. The van der Waals surface area contributed by atoms with Crippen molar-refractivity contribution in [2.24, 2.45) is 0 Å². The number of carbonyl (C=O) groups excluding carboxylic acids is 1. The first-order chi connectivity index (χ1) is 8.11. The molecule has 0 atom stereocenters. The zero-order valence-electron chi connectivity index (χ0n) is 10.7. The highest BCUT2D eigenvalue weighted by Gasteiger charge is 2.00. The van der Waals surface area contributed by atoms with Crippen LogP contribution in [-0.4, -0.2) is 54.2 Å². The fourth-order valence-electron chi connectivity index (χ4n) is 1.38. The largest absolute Gasteiger partial charge is 0.337 e. The van der Waals surface area contributed by atoms with E-state index in [-0.39, 0.29) is 6.03 Å². The standard InChI is InChI=1S/C11H21N5O/c1-10-13-7-9-16(10)8-6-12-4-5-14-11(17)15(2)3/h7,9,12H,4-6,8H2,1-3H3,(H,14,17). The number of nitrogens with one attached hydrogen (secondary N) is 2. The summed E-state index contributed by atoms with van der Waals surface area (Å²) in [5, 5.41) is 6.06. The Hall–Kier alpha value is -1.56. The van der Waals surface area contributed by atoms with Gasteiger partial charge in [-0.05, 0) is 6.92 Å². The van der Waals surface area contributed by atoms with E-state index in [9.17, 15) is 4.79 Å². The van der Waals surface area contributed by atoms with E-state index in [4.69, 9.17) is 0 Å². The van der Waals surface area contributed by atoms with E-state index in [1.165, 1.54) is 4.90 Å². The smallest absolute Gasteiger partial charge is 0.316 e. The van der Waals surface area contributed by atoms with Gasteiger partial charge in [-0.2, -0.15) is 0 Å². The minimum Gasteiger partial charge on any atom is -0.337 e. The highest BCUT2D eigenvalue weighted by atomic mass is 16.2. The third-order valence-corrected chi connectivity index (χ3v) is 2.44. The zero-order chi connectivity index (χ0) is 12.7. The van der Waals surface area contributed by atoms with Gasteiger partial charge in [-0.25, -0.2) is 9.78 Å². The Labute approximate surface area is 102 Å². The fraction of sp³-hybridized carbons (Fsp3) is 0.636. The van der Waals surface area contributed by atoms with Crippen LogP contribution in [0, 0.1) is 6.92 Å². The minimum absolute atomic E-state index is 0.0581. The number of urea groups is 1. The quantitative estimate of drug-likeness (QED) is 0.690. The molecule has 96 valence electrons. The molecule has 2 N–H and O–H groups in total. The highest BCUT2D eigenvalue weighted by molar-refractivity contribution is 5.73. The van der Waals surface area contributed by atoms with Crippen molar-refractivity contribution >= 4 is 6.03 Å². The summed E-state index contributed by atoms with van der Waals surface area (Å²) in [6.45, 7) is 5.16. The molecular weight excluding hydrogens is 218 g/mol. The van der Waals surface area contributed by atoms with Gasteiger partial charge in [0.15, 0.2) is 0 Å². The summed E-state index contributed by atoms with van der Waals surface area (Å²) in [5.74, 6) is 1.02. The predicted molar refractivity (Wildman–Crippen MR) is 66.9 cm³/mol. The van der Waals surface area contributed by atoms with Crippen LogP contribution in [0.2, 0.25) is 0 Å². The van der Waals surface area contributed by atoms with Crippen molar-refractivity contribution in [3.8, 4) is 0 Å². The zero-order valence-corrected chi connectivity index (χ0v) is 10.7. The summed E-state index contributed by atoms with van der Waals surface area (Å²) < 4.78 is 2.09. The molecule has 1 aromatic rings. The summed E-state index contributed by atoms with van der Waals surface area (Å²) in [6.07, 6.45) is 3.76. The third kappa shape index (κ3) is 4.86. The lowest BCUT2D eigenvalue weighted by Gasteiger charge is -2.12. The molecule has 0 bridgehead atoms. The van der Waals surface area contributed by atoms with E-state index in [1.807, 2.05) is 13.1 Å². The summed E-state index contributed by atoms with van der Waals surface area (Å²) in [5.41, 5.74) is 0. The molecule has 0 saturated heterocycles. The van der Waals surface area contributed by atoms with Crippen molar-refractivity contribution in [2.75, 3.05) is 33.7 Å². The summed E-state index contributed by atoms with van der Waals surface area (Å²) >= 11 is 0. The number of rotatable bonds is 6. The fourth-order valence-corrected chi connectivity index (χ4v) is 1.38. The maximum Gasteiger partial charge on any atom is 0.316 e. The highest BCUT2D eigenvalue weighted by Crippen LogP contribution is 1.92. The maximum atomic E-state index is 11.2. The molecule has 17 heavy (non-hydrogen) atoms. The molecule has 0 aliphatic rings. The molecule has 0 fully saturated rings.